The van der Waals surface area contributed by atoms with Crippen LogP contribution in [0.4, 0.5) is 0 Å². The van der Waals surface area contributed by atoms with Crippen LogP contribution in [-0.4, -0.2) is 9.55 Å². The summed E-state index contributed by atoms with van der Waals surface area (Å²) in [6, 6.07) is 28.6. The molecule has 0 aliphatic rings. The predicted molar refractivity (Wildman–Crippen MR) is 161 cm³/mol. The van der Waals surface area contributed by atoms with Crippen LogP contribution in [0.2, 0.25) is 0 Å². The summed E-state index contributed by atoms with van der Waals surface area (Å²) in [6.07, 6.45) is 0. The maximum Gasteiger partial charge on any atom is 0.295 e. The number of fused-ring (bicyclic) bond motifs is 2. The molecule has 2 aromatic heterocycles. The van der Waals surface area contributed by atoms with E-state index >= 15 is 0 Å². The first-order valence-electron chi connectivity index (χ1n) is 13.9. The highest BCUT2D eigenvalue weighted by Gasteiger charge is 2.32. The molecule has 0 radical (unpaired) electrons. The standard InChI is InChI=1S/C35H36N3O/c1-21(2)27-18-26(25-13-9-8-10-14-25)19-28(22(3)4)34(27)38-32-16-12-11-15-31(32)37(7)35(38)29-20-33-30(17-23(29)5)36-24(6)39-33/h8-22H,1-7H3/q+1. The monoisotopic (exact) mass is 514 g/mol. The minimum absolute atomic E-state index is 0.334. The summed E-state index contributed by atoms with van der Waals surface area (Å²) < 4.78 is 10.8. The highest BCUT2D eigenvalue weighted by molar-refractivity contribution is 5.85. The summed E-state index contributed by atoms with van der Waals surface area (Å²) >= 11 is 0. The third-order valence-corrected chi connectivity index (χ3v) is 7.84. The summed E-state index contributed by atoms with van der Waals surface area (Å²) in [6.45, 7) is 13.3. The van der Waals surface area contributed by atoms with E-state index in [2.05, 4.69) is 135 Å². The molecule has 0 aliphatic carbocycles. The van der Waals surface area contributed by atoms with Gasteiger partial charge >= 0.3 is 0 Å². The van der Waals surface area contributed by atoms with Gasteiger partial charge < -0.3 is 4.42 Å². The fourth-order valence-corrected chi connectivity index (χ4v) is 5.89. The van der Waals surface area contributed by atoms with Gasteiger partial charge in [-0.25, -0.2) is 9.55 Å². The van der Waals surface area contributed by atoms with Gasteiger partial charge in [-0.1, -0.05) is 70.2 Å². The van der Waals surface area contributed by atoms with E-state index in [4.69, 9.17) is 4.42 Å². The lowest BCUT2D eigenvalue weighted by atomic mass is 9.88. The molecule has 0 amide bonds. The van der Waals surface area contributed by atoms with Crippen molar-refractivity contribution in [1.29, 1.82) is 0 Å². The van der Waals surface area contributed by atoms with Gasteiger partial charge in [0.1, 0.15) is 11.2 Å². The minimum Gasteiger partial charge on any atom is -0.441 e. The van der Waals surface area contributed by atoms with Gasteiger partial charge in [0.15, 0.2) is 22.5 Å². The lowest BCUT2D eigenvalue weighted by molar-refractivity contribution is -0.633. The normalized spacial score (nSPS) is 11.9. The van der Waals surface area contributed by atoms with Crippen molar-refractivity contribution >= 4 is 22.1 Å². The van der Waals surface area contributed by atoms with Crippen LogP contribution in [0.5, 0.6) is 0 Å². The zero-order valence-corrected chi connectivity index (χ0v) is 23.9. The molecule has 0 saturated carbocycles. The molecule has 6 aromatic rings. The second-order valence-corrected chi connectivity index (χ2v) is 11.3. The minimum atomic E-state index is 0.334. The van der Waals surface area contributed by atoms with E-state index in [1.807, 2.05) is 6.92 Å². The third kappa shape index (κ3) is 4.15. The number of hydrogen-bond donors (Lipinski definition) is 0. The highest BCUT2D eigenvalue weighted by atomic mass is 16.3. The highest BCUT2D eigenvalue weighted by Crippen LogP contribution is 2.40. The van der Waals surface area contributed by atoms with Gasteiger partial charge in [0.25, 0.3) is 5.82 Å². The van der Waals surface area contributed by atoms with Crippen molar-refractivity contribution < 1.29 is 8.98 Å². The molecule has 0 N–H and O–H groups in total. The summed E-state index contributed by atoms with van der Waals surface area (Å²) in [5.41, 5.74) is 12.9. The van der Waals surface area contributed by atoms with E-state index in [0.29, 0.717) is 17.7 Å². The SMILES string of the molecule is Cc1nc2cc(C)c(-c3n(-c4c(C(C)C)cc(-c5ccccc5)cc4C(C)C)c4ccccc4[n+]3C)cc2o1. The first-order valence-corrected chi connectivity index (χ1v) is 13.9. The third-order valence-electron chi connectivity index (χ3n) is 7.84. The number of para-hydroxylation sites is 2. The van der Waals surface area contributed by atoms with E-state index in [1.54, 1.807) is 0 Å². The average molecular weight is 515 g/mol. The molecule has 0 atom stereocenters. The maximum atomic E-state index is 6.00. The fraction of sp³-hybridized carbons (Fsp3) is 0.257. The maximum absolute atomic E-state index is 6.00. The van der Waals surface area contributed by atoms with E-state index in [0.717, 1.165) is 22.5 Å². The van der Waals surface area contributed by atoms with Crippen LogP contribution in [0.25, 0.3) is 50.3 Å². The Morgan fingerprint density at radius 2 is 1.41 bits per heavy atom. The average Bonchev–Trinajstić information content (AvgIpc) is 3.43. The van der Waals surface area contributed by atoms with E-state index < -0.39 is 0 Å². The zero-order valence-electron chi connectivity index (χ0n) is 23.9. The first kappa shape index (κ1) is 25.1. The van der Waals surface area contributed by atoms with Crippen LogP contribution in [-0.2, 0) is 7.05 Å². The van der Waals surface area contributed by atoms with E-state index in [-0.39, 0.29) is 0 Å². The molecule has 0 spiro atoms. The van der Waals surface area contributed by atoms with Crippen LogP contribution in [0.1, 0.15) is 62.1 Å². The predicted octanol–water partition coefficient (Wildman–Crippen LogP) is 8.79. The van der Waals surface area contributed by atoms with Crippen molar-refractivity contribution in [3.63, 3.8) is 0 Å². The summed E-state index contributed by atoms with van der Waals surface area (Å²) in [5.74, 6) is 2.50. The molecule has 4 heteroatoms. The van der Waals surface area contributed by atoms with Gasteiger partial charge in [0.2, 0.25) is 0 Å². The molecule has 0 saturated heterocycles. The molecule has 0 aliphatic heterocycles. The quantitative estimate of drug-likeness (QED) is 0.215. The Balaban J connectivity index is 1.75. The van der Waals surface area contributed by atoms with Crippen molar-refractivity contribution in [2.75, 3.05) is 0 Å². The number of aromatic nitrogens is 3. The molecular weight excluding hydrogens is 478 g/mol. The number of aryl methyl sites for hydroxylation is 3. The lowest BCUT2D eigenvalue weighted by Gasteiger charge is -2.21. The fourth-order valence-electron chi connectivity index (χ4n) is 5.89. The van der Waals surface area contributed by atoms with Crippen molar-refractivity contribution in [2.45, 2.75) is 53.4 Å². The van der Waals surface area contributed by atoms with Crippen molar-refractivity contribution in [3.05, 3.63) is 101 Å². The molecule has 196 valence electrons. The number of nitrogens with zero attached hydrogens (tertiary/aromatic N) is 3. The largest absolute Gasteiger partial charge is 0.441 e. The van der Waals surface area contributed by atoms with Gasteiger partial charge in [-0.05, 0) is 71.8 Å². The smallest absolute Gasteiger partial charge is 0.295 e. The molecule has 4 aromatic carbocycles. The lowest BCUT2D eigenvalue weighted by Crippen LogP contribution is -2.30. The Labute approximate surface area is 230 Å². The van der Waals surface area contributed by atoms with Crippen LogP contribution < -0.4 is 4.57 Å². The van der Waals surface area contributed by atoms with Crippen molar-refractivity contribution in [1.82, 2.24) is 9.55 Å². The second-order valence-electron chi connectivity index (χ2n) is 11.3. The Morgan fingerprint density at radius 1 is 0.769 bits per heavy atom. The molecule has 39 heavy (non-hydrogen) atoms. The molecule has 0 fully saturated rings. The van der Waals surface area contributed by atoms with E-state index in [1.165, 1.54) is 44.5 Å². The van der Waals surface area contributed by atoms with Crippen LogP contribution in [0, 0.1) is 13.8 Å². The second kappa shape index (κ2) is 9.53. The van der Waals surface area contributed by atoms with Gasteiger partial charge in [-0.2, -0.15) is 4.57 Å². The number of imidazole rings is 1. The van der Waals surface area contributed by atoms with Crippen LogP contribution in [0.15, 0.2) is 83.3 Å². The molecule has 0 unspecified atom stereocenters. The Bertz CT molecular complexity index is 1810. The molecule has 4 nitrogen and oxygen atoms in total. The summed E-state index contributed by atoms with van der Waals surface area (Å²) in [4.78, 5) is 4.59. The number of oxazole rings is 1. The topological polar surface area (TPSA) is 34.8 Å². The van der Waals surface area contributed by atoms with Crippen molar-refractivity contribution in [3.8, 4) is 28.2 Å². The van der Waals surface area contributed by atoms with Crippen LogP contribution >= 0.6 is 0 Å². The summed E-state index contributed by atoms with van der Waals surface area (Å²) in [5, 5.41) is 0. The molecule has 2 heterocycles. The van der Waals surface area contributed by atoms with Gasteiger partial charge in [-0.15, -0.1) is 0 Å². The van der Waals surface area contributed by atoms with E-state index in [9.17, 15) is 0 Å². The zero-order chi connectivity index (χ0) is 27.4. The van der Waals surface area contributed by atoms with Gasteiger partial charge in [-0.3, -0.25) is 0 Å². The molecule has 0 bridgehead atoms. The summed E-state index contributed by atoms with van der Waals surface area (Å²) in [7, 11) is 2.17. The number of benzene rings is 4. The van der Waals surface area contributed by atoms with Crippen molar-refractivity contribution in [2.24, 2.45) is 7.05 Å². The van der Waals surface area contributed by atoms with Crippen LogP contribution in [0.3, 0.4) is 0 Å². The Kier molecular flexibility index (Phi) is 6.14. The Hall–Kier alpha value is -4.18. The first-order chi connectivity index (χ1) is 18.7. The van der Waals surface area contributed by atoms with Gasteiger partial charge in [0, 0.05) is 18.1 Å². The Morgan fingerprint density at radius 3 is 2.08 bits per heavy atom. The number of rotatable bonds is 5. The number of hydrogen-bond acceptors (Lipinski definition) is 2. The molecule has 6 rings (SSSR count). The van der Waals surface area contributed by atoms with Gasteiger partial charge in [0.05, 0.1) is 12.6 Å². The molecular formula is C35H36N3O+.